The molecule has 110 valence electrons. The van der Waals surface area contributed by atoms with Crippen LogP contribution in [0.2, 0.25) is 0 Å². The third-order valence-electron chi connectivity index (χ3n) is 2.85. The summed E-state index contributed by atoms with van der Waals surface area (Å²) in [7, 11) is -3.56. The number of H-pyrrole nitrogens is 1. The number of sulfonamides is 1. The molecule has 1 saturated carbocycles. The van der Waals surface area contributed by atoms with Crippen LogP contribution in [0.4, 0.5) is 5.69 Å². The van der Waals surface area contributed by atoms with Gasteiger partial charge in [-0.15, -0.1) is 10.2 Å². The molecule has 0 atom stereocenters. The fourth-order valence-electron chi connectivity index (χ4n) is 1.67. The fourth-order valence-corrected chi connectivity index (χ4v) is 3.03. The number of aromatic amines is 1. The minimum atomic E-state index is -3.56. The first-order valence-corrected chi connectivity index (χ1v) is 7.70. The third kappa shape index (κ3) is 3.23. The second-order valence-electron chi connectivity index (χ2n) is 4.61. The van der Waals surface area contributed by atoms with Gasteiger partial charge < -0.3 is 5.32 Å². The largest absolute Gasteiger partial charge is 0.319 e. The molecule has 0 spiro atoms. The number of amides is 1. The van der Waals surface area contributed by atoms with Crippen LogP contribution in [0.3, 0.4) is 0 Å². The van der Waals surface area contributed by atoms with Gasteiger partial charge in [0.15, 0.2) is 0 Å². The van der Waals surface area contributed by atoms with Crippen LogP contribution in [0.25, 0.3) is 0 Å². The number of carbonyl (C=O) groups excluding carboxylic acids is 1. The van der Waals surface area contributed by atoms with Crippen LogP contribution in [0.5, 0.6) is 0 Å². The Hall–Kier alpha value is -2.33. The smallest absolute Gasteiger partial charge is 0.297 e. The van der Waals surface area contributed by atoms with E-state index in [0.29, 0.717) is 5.69 Å². The number of hydrogen-bond donors (Lipinski definition) is 3. The fraction of sp³-hybridized carbons (Fsp3) is 0.273. The molecule has 0 bridgehead atoms. The van der Waals surface area contributed by atoms with Crippen LogP contribution in [0.15, 0.2) is 29.2 Å². The van der Waals surface area contributed by atoms with Crippen molar-refractivity contribution in [2.24, 2.45) is 0 Å². The molecule has 0 radical (unpaired) electrons. The van der Waals surface area contributed by atoms with E-state index in [1.807, 2.05) is 0 Å². The lowest BCUT2D eigenvalue weighted by molar-refractivity contribution is 0.101. The monoisotopic (exact) mass is 308 g/mol. The molecule has 0 saturated heterocycles. The molecule has 10 heteroatoms. The predicted octanol–water partition coefficient (Wildman–Crippen LogP) is -0.107. The Morgan fingerprint density at radius 3 is 2.81 bits per heavy atom. The van der Waals surface area contributed by atoms with Gasteiger partial charge in [-0.25, -0.2) is 13.1 Å². The Labute approximate surface area is 120 Å². The van der Waals surface area contributed by atoms with Crippen molar-refractivity contribution in [2.45, 2.75) is 23.8 Å². The average Bonchev–Trinajstić information content (AvgIpc) is 3.08. The van der Waals surface area contributed by atoms with Gasteiger partial charge in [-0.1, -0.05) is 6.07 Å². The summed E-state index contributed by atoms with van der Waals surface area (Å²) in [4.78, 5) is 11.9. The first-order valence-electron chi connectivity index (χ1n) is 6.22. The van der Waals surface area contributed by atoms with Crippen molar-refractivity contribution < 1.29 is 13.2 Å². The number of rotatable bonds is 5. The van der Waals surface area contributed by atoms with Crippen LogP contribution in [0, 0.1) is 0 Å². The maximum atomic E-state index is 12.1. The summed E-state index contributed by atoms with van der Waals surface area (Å²) in [5.41, 5.74) is 0.337. The third-order valence-corrected chi connectivity index (χ3v) is 4.37. The number of carbonyl (C=O) groups is 1. The quantitative estimate of drug-likeness (QED) is 0.706. The van der Waals surface area contributed by atoms with E-state index in [0.717, 1.165) is 12.8 Å². The van der Waals surface area contributed by atoms with Crippen molar-refractivity contribution in [2.75, 3.05) is 5.32 Å². The molecular weight excluding hydrogens is 296 g/mol. The highest BCUT2D eigenvalue weighted by Crippen LogP contribution is 2.23. The Morgan fingerprint density at radius 2 is 2.14 bits per heavy atom. The van der Waals surface area contributed by atoms with Crippen molar-refractivity contribution >= 4 is 21.6 Å². The van der Waals surface area contributed by atoms with Gasteiger partial charge in [0.2, 0.25) is 10.0 Å². The lowest BCUT2D eigenvalue weighted by Crippen LogP contribution is -2.25. The van der Waals surface area contributed by atoms with Crippen molar-refractivity contribution in [3.8, 4) is 0 Å². The van der Waals surface area contributed by atoms with Gasteiger partial charge in [-0.3, -0.25) is 4.79 Å². The van der Waals surface area contributed by atoms with E-state index in [4.69, 9.17) is 0 Å². The molecule has 1 aromatic heterocycles. The van der Waals surface area contributed by atoms with Gasteiger partial charge in [0, 0.05) is 11.7 Å². The van der Waals surface area contributed by atoms with Gasteiger partial charge in [-0.05, 0) is 36.3 Å². The highest BCUT2D eigenvalue weighted by molar-refractivity contribution is 7.89. The lowest BCUT2D eigenvalue weighted by atomic mass is 10.3. The average molecular weight is 308 g/mol. The molecule has 1 aromatic carbocycles. The summed E-state index contributed by atoms with van der Waals surface area (Å²) in [6.07, 6.45) is 1.71. The summed E-state index contributed by atoms with van der Waals surface area (Å²) in [6, 6.07) is 5.99. The number of tetrazole rings is 1. The SMILES string of the molecule is O=C(Nc1cccc(S(=O)(=O)NC2CC2)c1)c1nn[nH]n1. The van der Waals surface area contributed by atoms with E-state index in [9.17, 15) is 13.2 Å². The molecule has 3 rings (SSSR count). The number of aromatic nitrogens is 4. The van der Waals surface area contributed by atoms with E-state index >= 15 is 0 Å². The molecule has 2 aromatic rings. The topological polar surface area (TPSA) is 130 Å². The molecule has 3 N–H and O–H groups in total. The zero-order valence-corrected chi connectivity index (χ0v) is 11.6. The molecule has 1 aliphatic carbocycles. The Bertz CT molecular complexity index is 754. The Kier molecular flexibility index (Phi) is 3.39. The number of nitrogens with zero attached hydrogens (tertiary/aromatic N) is 3. The minimum absolute atomic E-state index is 0.0209. The van der Waals surface area contributed by atoms with Crippen LogP contribution < -0.4 is 10.0 Å². The van der Waals surface area contributed by atoms with Gasteiger partial charge in [0.25, 0.3) is 11.7 Å². The standard InChI is InChI=1S/C11H12N6O3S/c18-11(10-13-16-17-14-10)12-8-2-1-3-9(6-8)21(19,20)15-7-4-5-7/h1-3,6-7,15H,4-5H2,(H,12,18)(H,13,14,16,17). The van der Waals surface area contributed by atoms with Crippen molar-refractivity contribution in [1.82, 2.24) is 25.3 Å². The summed E-state index contributed by atoms with van der Waals surface area (Å²) in [5, 5.41) is 15.0. The van der Waals surface area contributed by atoms with Gasteiger partial charge in [0.1, 0.15) is 0 Å². The predicted molar refractivity (Wildman–Crippen MR) is 71.9 cm³/mol. The molecule has 1 amide bonds. The zero-order valence-electron chi connectivity index (χ0n) is 10.8. The molecule has 0 unspecified atom stereocenters. The minimum Gasteiger partial charge on any atom is -0.319 e. The molecule has 9 nitrogen and oxygen atoms in total. The number of hydrogen-bond acceptors (Lipinski definition) is 6. The zero-order chi connectivity index (χ0) is 14.9. The molecule has 21 heavy (non-hydrogen) atoms. The van der Waals surface area contributed by atoms with Crippen molar-refractivity contribution in [3.63, 3.8) is 0 Å². The first kappa shape index (κ1) is 13.6. The van der Waals surface area contributed by atoms with Crippen LogP contribution in [0.1, 0.15) is 23.5 Å². The maximum absolute atomic E-state index is 12.1. The van der Waals surface area contributed by atoms with E-state index in [2.05, 4.69) is 30.7 Å². The number of anilines is 1. The van der Waals surface area contributed by atoms with E-state index < -0.39 is 15.9 Å². The van der Waals surface area contributed by atoms with Crippen LogP contribution in [-0.4, -0.2) is 41.0 Å². The molecule has 1 heterocycles. The molecule has 1 aliphatic rings. The first-order chi connectivity index (χ1) is 10.0. The number of nitrogens with one attached hydrogen (secondary N) is 3. The van der Waals surface area contributed by atoms with E-state index in [1.165, 1.54) is 12.1 Å². The van der Waals surface area contributed by atoms with Gasteiger partial charge >= 0.3 is 0 Å². The van der Waals surface area contributed by atoms with Crippen molar-refractivity contribution in [1.29, 1.82) is 0 Å². The highest BCUT2D eigenvalue weighted by atomic mass is 32.2. The maximum Gasteiger partial charge on any atom is 0.297 e. The second-order valence-corrected chi connectivity index (χ2v) is 6.33. The van der Waals surface area contributed by atoms with E-state index in [1.54, 1.807) is 12.1 Å². The van der Waals surface area contributed by atoms with Crippen LogP contribution >= 0.6 is 0 Å². The highest BCUT2D eigenvalue weighted by Gasteiger charge is 2.28. The Morgan fingerprint density at radius 1 is 1.33 bits per heavy atom. The molecule has 0 aliphatic heterocycles. The normalized spacial score (nSPS) is 14.9. The van der Waals surface area contributed by atoms with Gasteiger partial charge in [-0.2, -0.15) is 5.21 Å². The molecule has 1 fully saturated rings. The summed E-state index contributed by atoms with van der Waals surface area (Å²) in [5.74, 6) is -0.701. The summed E-state index contributed by atoms with van der Waals surface area (Å²) >= 11 is 0. The van der Waals surface area contributed by atoms with Crippen molar-refractivity contribution in [3.05, 3.63) is 30.1 Å². The van der Waals surface area contributed by atoms with E-state index in [-0.39, 0.29) is 16.8 Å². The molecular formula is C11H12N6O3S. The Balaban J connectivity index is 1.78. The number of benzene rings is 1. The van der Waals surface area contributed by atoms with Crippen LogP contribution in [-0.2, 0) is 10.0 Å². The second kappa shape index (κ2) is 5.22. The van der Waals surface area contributed by atoms with Gasteiger partial charge in [0.05, 0.1) is 4.90 Å². The summed E-state index contributed by atoms with van der Waals surface area (Å²) < 4.78 is 26.7. The summed E-state index contributed by atoms with van der Waals surface area (Å²) in [6.45, 7) is 0. The lowest BCUT2D eigenvalue weighted by Gasteiger charge is -2.08.